The van der Waals surface area contributed by atoms with E-state index in [1.807, 2.05) is 48.5 Å². The zero-order valence-electron chi connectivity index (χ0n) is 47.5. The van der Waals surface area contributed by atoms with E-state index in [9.17, 15) is 45.1 Å². The number of hydrogen-bond acceptors (Lipinski definition) is 14. The van der Waals surface area contributed by atoms with Crippen molar-refractivity contribution in [2.24, 2.45) is 5.73 Å². The number of carbonyl (C=O) groups excluding carboxylic acids is 3. The van der Waals surface area contributed by atoms with Gasteiger partial charge in [-0.25, -0.2) is 23.7 Å². The van der Waals surface area contributed by atoms with E-state index in [0.29, 0.717) is 43.7 Å². The highest BCUT2D eigenvalue weighted by Crippen LogP contribution is 2.37. The van der Waals surface area contributed by atoms with E-state index in [4.69, 9.17) is 40.3 Å². The Morgan fingerprint density at radius 2 is 0.988 bits per heavy atom. The van der Waals surface area contributed by atoms with Gasteiger partial charge in [0.1, 0.15) is 33.8 Å². The van der Waals surface area contributed by atoms with Crippen molar-refractivity contribution in [2.75, 3.05) is 33.6 Å². The molecule has 0 aliphatic carbocycles. The minimum atomic E-state index is -4.43. The summed E-state index contributed by atoms with van der Waals surface area (Å²) in [5, 5.41) is 11.8. The fourth-order valence-electron chi connectivity index (χ4n) is 7.30. The van der Waals surface area contributed by atoms with Crippen molar-refractivity contribution in [3.05, 3.63) is 145 Å². The number of alkyl halides is 7. The maximum Gasteiger partial charge on any atom is 0.519 e. The maximum absolute atomic E-state index is 12.8. The Kier molecular flexibility index (Phi) is 20.1. The number of nitrogens with two attached hydrogens (primary N) is 1. The second kappa shape index (κ2) is 26.1. The highest BCUT2D eigenvalue weighted by Gasteiger charge is 2.43. The molecule has 0 saturated carbocycles. The van der Waals surface area contributed by atoms with Gasteiger partial charge in [0.05, 0.1) is 63.0 Å². The molecule has 6 aromatic rings. The van der Waals surface area contributed by atoms with Gasteiger partial charge >= 0.3 is 30.8 Å². The lowest BCUT2D eigenvalue weighted by Crippen LogP contribution is -2.60. The van der Waals surface area contributed by atoms with Gasteiger partial charge in [0, 0.05) is 35.7 Å². The number of ether oxygens (including phenoxy) is 8. The number of alkyl carbamates (subject to hydrolysis) is 1. The number of benzene rings is 4. The predicted octanol–water partition coefficient (Wildman–Crippen LogP) is 14.3. The van der Waals surface area contributed by atoms with Crippen molar-refractivity contribution in [3.63, 3.8) is 0 Å². The van der Waals surface area contributed by atoms with Gasteiger partial charge in [0.2, 0.25) is 11.8 Å². The van der Waals surface area contributed by atoms with Crippen LogP contribution < -0.4 is 20.5 Å². The summed E-state index contributed by atoms with van der Waals surface area (Å²) in [6, 6.07) is 27.3. The Balaban J connectivity index is 0.000000240. The number of halogens is 7. The molecule has 4 aromatic carbocycles. The standard InChI is InChI=1S/C26H26F3N3O4.C21H18F3N3O2.C10H18O5.CH3F/c1-5-32-22(35-20-11-9-18(10-12-20)26(27,28)29)14-21(31-32)17-7-6-8-19(13-17)25(15-34-16-25)30-23(33)36-24(2,3)4;1-2-27-19(29-17-8-6-15(7-9-17)21(22,23)24)11-18(26-27)14-4-3-5-16(10-14)20(25)12-28-13-20;1-9(2,3)14-7(11)13-8(12)15-10(4,5)6;1-2/h5-14H,1,15-16H2,2-4H3,(H,30,33);2-11H,1,12-13,25H2;1-6H3;1H3/i;;;1D. The van der Waals surface area contributed by atoms with Crippen molar-refractivity contribution in [2.45, 2.75) is 103 Å². The number of nitrogens with one attached hydrogen (secondary N) is 1. The predicted molar refractivity (Wildman–Crippen MR) is 290 cm³/mol. The van der Waals surface area contributed by atoms with E-state index < -0.39 is 76.9 Å². The van der Waals surface area contributed by atoms with Crippen molar-refractivity contribution in [1.29, 1.82) is 0 Å². The lowest BCUT2D eigenvalue weighted by Gasteiger charge is -2.42. The number of amides is 1. The molecule has 0 bridgehead atoms. The first kappa shape index (κ1) is 63.0. The van der Waals surface area contributed by atoms with Gasteiger partial charge in [-0.2, -0.15) is 36.5 Å². The molecule has 3 N–H and O–H groups in total. The quantitative estimate of drug-likeness (QED) is 0.0537. The molecule has 2 aromatic heterocycles. The molecule has 0 spiro atoms. The van der Waals surface area contributed by atoms with Gasteiger partial charge < -0.3 is 48.9 Å². The lowest BCUT2D eigenvalue weighted by atomic mass is 9.87. The van der Waals surface area contributed by atoms with Crippen LogP contribution in [0.4, 0.5) is 45.1 Å². The minimum Gasteiger partial charge on any atom is -0.444 e. The van der Waals surface area contributed by atoms with E-state index in [-0.39, 0.29) is 17.4 Å². The van der Waals surface area contributed by atoms with Gasteiger partial charge in [-0.3, -0.25) is 4.39 Å². The Labute approximate surface area is 471 Å². The smallest absolute Gasteiger partial charge is 0.444 e. The summed E-state index contributed by atoms with van der Waals surface area (Å²) in [5.74, 6) is 1.08. The van der Waals surface area contributed by atoms with Crippen molar-refractivity contribution >= 4 is 30.8 Å². The van der Waals surface area contributed by atoms with Crippen LogP contribution in [0.2, 0.25) is 0 Å². The maximum atomic E-state index is 12.8. The van der Waals surface area contributed by atoms with Crippen molar-refractivity contribution in [1.82, 2.24) is 24.9 Å². The third-order valence-corrected chi connectivity index (χ3v) is 11.1. The molecule has 442 valence electrons. The first-order valence-electron chi connectivity index (χ1n) is 25.6. The average Bonchev–Trinajstić information content (AvgIpc) is 4.12. The SMILES string of the molecule is C=Cn1nc(-c2cccc(C3(N)COC3)c2)cc1Oc1ccc(C(F)(F)F)cc1.C=Cn1nc(-c2cccc(C3(NC(=O)OC(C)(C)C)COC3)c2)cc1Oc1ccc(C(F)(F)F)cc1.CC(C)(C)OC(=O)OC(=O)OC(C)(C)C.[2H]CF. The third-order valence-electron chi connectivity index (χ3n) is 11.1. The first-order valence-corrected chi connectivity index (χ1v) is 24.9. The summed E-state index contributed by atoms with van der Waals surface area (Å²) in [7, 11) is -1.00. The monoisotopic (exact) mass is 1160 g/mol. The van der Waals surface area contributed by atoms with Gasteiger partial charge in [0.25, 0.3) is 0 Å². The molecule has 2 aliphatic heterocycles. The molecule has 8 rings (SSSR count). The largest absolute Gasteiger partial charge is 0.519 e. The van der Waals surface area contributed by atoms with Gasteiger partial charge in [-0.15, -0.1) is 0 Å². The molecule has 0 radical (unpaired) electrons. The van der Waals surface area contributed by atoms with Crippen LogP contribution in [0, 0.1) is 0 Å². The number of rotatable bonds is 11. The molecule has 0 unspecified atom stereocenters. The second-order valence-electron chi connectivity index (χ2n) is 21.3. The second-order valence-corrected chi connectivity index (χ2v) is 21.3. The zero-order chi connectivity index (χ0) is 61.8. The molecule has 0 atom stereocenters. The topological polar surface area (TPSA) is 199 Å². The Morgan fingerprint density at radius 3 is 1.32 bits per heavy atom. The van der Waals surface area contributed by atoms with Crippen LogP contribution in [-0.4, -0.2) is 88.3 Å². The normalized spacial score (nSPS) is 14.5. The van der Waals surface area contributed by atoms with E-state index >= 15 is 0 Å². The van der Waals surface area contributed by atoms with E-state index in [0.717, 1.165) is 46.5 Å². The van der Waals surface area contributed by atoms with Gasteiger partial charge in [-0.05, 0) is 134 Å². The highest BCUT2D eigenvalue weighted by atomic mass is 19.4. The van der Waals surface area contributed by atoms with E-state index in [1.165, 1.54) is 46.0 Å². The summed E-state index contributed by atoms with van der Waals surface area (Å²) < 4.78 is 136. The zero-order valence-corrected chi connectivity index (χ0v) is 46.5. The summed E-state index contributed by atoms with van der Waals surface area (Å²) >= 11 is 0. The van der Waals surface area contributed by atoms with Crippen LogP contribution in [0.1, 0.15) is 85.9 Å². The fraction of sp³-hybridized carbons (Fsp3) is 0.362. The summed E-state index contributed by atoms with van der Waals surface area (Å²) in [6.45, 7) is 24.3. The lowest BCUT2D eigenvalue weighted by molar-refractivity contribution is -0.138. The molecule has 2 fully saturated rings. The average molecular weight is 1160 g/mol. The Hall–Kier alpha value is -8.22. The Bertz CT molecular complexity index is 3150. The molecule has 82 heavy (non-hydrogen) atoms. The fourth-order valence-corrected chi connectivity index (χ4v) is 7.30. The number of aromatic nitrogens is 4. The van der Waals surface area contributed by atoms with E-state index in [1.54, 1.807) is 74.4 Å². The van der Waals surface area contributed by atoms with Crippen LogP contribution in [-0.2, 0) is 51.9 Å². The molecule has 1 amide bonds. The van der Waals surface area contributed by atoms with Crippen LogP contribution >= 0.6 is 0 Å². The number of carbonyl (C=O) groups is 3. The van der Waals surface area contributed by atoms with Crippen LogP contribution in [0.5, 0.6) is 23.3 Å². The summed E-state index contributed by atoms with van der Waals surface area (Å²) in [4.78, 5) is 34.5. The molecule has 2 saturated heterocycles. The molecular weight excluding hydrogens is 1090 g/mol. The van der Waals surface area contributed by atoms with Crippen LogP contribution in [0.3, 0.4) is 0 Å². The van der Waals surface area contributed by atoms with Crippen molar-refractivity contribution in [3.8, 4) is 45.8 Å². The highest BCUT2D eigenvalue weighted by molar-refractivity contribution is 5.77. The Morgan fingerprint density at radius 1 is 0.610 bits per heavy atom. The molecule has 24 heteroatoms. The van der Waals surface area contributed by atoms with Crippen molar-refractivity contribution < 1.29 is 84.4 Å². The molecule has 17 nitrogen and oxygen atoms in total. The first-order chi connectivity index (χ1) is 38.6. The van der Waals surface area contributed by atoms with E-state index in [2.05, 4.69) is 33.4 Å². The molecular formula is C58H65F7N6O11. The minimum absolute atomic E-state index is 0.221. The number of nitrogens with zero attached hydrogens (tertiary/aromatic N) is 4. The summed E-state index contributed by atoms with van der Waals surface area (Å²) in [6.07, 6.45) is -8.60. The van der Waals surface area contributed by atoms with Crippen LogP contribution in [0.15, 0.2) is 122 Å². The van der Waals surface area contributed by atoms with Gasteiger partial charge in [-0.1, -0.05) is 49.6 Å². The van der Waals surface area contributed by atoms with Crippen LogP contribution in [0.25, 0.3) is 34.9 Å². The third kappa shape index (κ3) is 18.4. The molecule has 2 aliphatic rings. The van der Waals surface area contributed by atoms with Gasteiger partial charge in [0.15, 0.2) is 0 Å². The number of hydrogen-bond donors (Lipinski definition) is 2. The molecule has 4 heterocycles. The summed E-state index contributed by atoms with van der Waals surface area (Å²) in [5.41, 5.74) is 6.03.